The maximum atomic E-state index is 15.6. The van der Waals surface area contributed by atoms with Crippen LogP contribution >= 0.6 is 0 Å². The van der Waals surface area contributed by atoms with Crippen molar-refractivity contribution in [1.82, 2.24) is 43.4 Å². The van der Waals surface area contributed by atoms with Gasteiger partial charge in [-0.05, 0) is 201 Å². The number of aromatic nitrogens is 6. The Morgan fingerprint density at radius 2 is 0.687 bits per heavy atom. The van der Waals surface area contributed by atoms with Crippen LogP contribution in [-0.4, -0.2) is 122 Å². The third kappa shape index (κ3) is 24.2. The van der Waals surface area contributed by atoms with E-state index in [0.29, 0.717) is 135 Å². The van der Waals surface area contributed by atoms with Crippen molar-refractivity contribution in [3.05, 3.63) is 62.9 Å². The second-order valence-corrected chi connectivity index (χ2v) is 45.7. The van der Waals surface area contributed by atoms with Crippen LogP contribution in [0.15, 0.2) is 28.8 Å². The lowest BCUT2D eigenvalue weighted by Crippen LogP contribution is -2.61. The monoisotopic (exact) mass is 1620 g/mol. The van der Waals surface area contributed by atoms with Crippen LogP contribution in [0.2, 0.25) is 0 Å². The van der Waals surface area contributed by atoms with E-state index in [1.807, 2.05) is 20.8 Å². The van der Waals surface area contributed by atoms with Crippen molar-refractivity contribution < 1.29 is 52.5 Å². The van der Waals surface area contributed by atoms with E-state index in [1.165, 1.54) is 41.3 Å². The quantitative estimate of drug-likeness (QED) is 0.0283. The number of Topliss-reactive ketones (excluding diaryl/α,β-unsaturated/α-hetero) is 1. The van der Waals surface area contributed by atoms with Crippen LogP contribution in [0.3, 0.4) is 0 Å². The van der Waals surface area contributed by atoms with Crippen molar-refractivity contribution in [3.8, 4) is 0 Å². The van der Waals surface area contributed by atoms with Crippen LogP contribution in [0.4, 0.5) is 4.79 Å². The predicted octanol–water partition coefficient (Wildman–Crippen LogP) is 14.2. The highest BCUT2D eigenvalue weighted by Crippen LogP contribution is 2.57. The van der Waals surface area contributed by atoms with Crippen LogP contribution < -0.4 is 50.1 Å². The average Bonchev–Trinajstić information content (AvgIpc) is 0.731. The number of nitrogens with zero attached hydrogens (tertiary/aromatic N) is 6. The van der Waals surface area contributed by atoms with Gasteiger partial charge in [0.1, 0.15) is 19.0 Å². The van der Waals surface area contributed by atoms with Gasteiger partial charge in [-0.3, -0.25) is 24.5 Å². The van der Waals surface area contributed by atoms with Crippen LogP contribution in [-0.2, 0) is 47.7 Å². The lowest BCUT2D eigenvalue weighted by molar-refractivity contribution is -0.148. The van der Waals surface area contributed by atoms with Crippen molar-refractivity contribution in [2.24, 2.45) is 76.3 Å². The Bertz CT molecular complexity index is 4280. The predicted molar refractivity (Wildman–Crippen MR) is 445 cm³/mol. The molecule has 6 fully saturated rings. The van der Waals surface area contributed by atoms with Gasteiger partial charge in [-0.2, -0.15) is 0 Å². The highest BCUT2D eigenvalue weighted by Gasteiger charge is 2.52. The number of nitrogens with one attached hydrogen (secondary N) is 3. The summed E-state index contributed by atoms with van der Waals surface area (Å²) in [6, 6.07) is -3.67. The maximum Gasteiger partial charge on any atom is 0.508 e. The summed E-state index contributed by atoms with van der Waals surface area (Å²) in [5.41, 5.74) is -9.92. The number of ether oxygens (including phenoxy) is 5. The molecule has 0 aromatic carbocycles. The van der Waals surface area contributed by atoms with Gasteiger partial charge in [-0.15, -0.1) is 0 Å². The van der Waals surface area contributed by atoms with Crippen LogP contribution in [0, 0.1) is 76.3 Å². The first-order valence-electron chi connectivity index (χ1n) is 42.9. The van der Waals surface area contributed by atoms with E-state index < -0.39 is 132 Å². The second kappa shape index (κ2) is 34.7. The Kier molecular flexibility index (Phi) is 28.4. The second-order valence-electron chi connectivity index (χ2n) is 45.7. The number of esters is 2. The molecule has 6 aliphatic rings. The molecule has 115 heavy (non-hydrogen) atoms. The largest absolute Gasteiger partial charge is 0.508 e. The van der Waals surface area contributed by atoms with E-state index in [4.69, 9.17) is 23.7 Å². The first-order valence-corrected chi connectivity index (χ1v) is 42.9. The zero-order valence-electron chi connectivity index (χ0n) is 75.5. The topological polar surface area (TPSA) is 317 Å². The average molecular weight is 1620 g/mol. The SMILES string of the molecule is COCNCC1(C)CC(n2c(=O)n(C3CC(C)(C)CC(C)(CCC(C)=O)C3)c(=O)n(C3CC(C)(C)CC(C)(CCC(=O)OCC(C)(C)COC(=O)OCC(C)(C)COC(=O)CCC4(C)CC(n5c(=O)n(C6CC(C)(C)CC(C)(CNC(C)=O)C6)c(=O)n(C6CC(C)C(NC(C)=O)C(C)(C)C6)c5=O)CC(C)(C)C4)C3)c2=O)CC(C)(C)C1. The van der Waals surface area contributed by atoms with Crippen molar-refractivity contribution in [3.63, 3.8) is 0 Å². The van der Waals surface area contributed by atoms with Crippen LogP contribution in [0.25, 0.3) is 0 Å². The summed E-state index contributed by atoms with van der Waals surface area (Å²) >= 11 is 0. The number of hydrogen-bond acceptors (Lipinski definition) is 18. The Labute approximate surface area is 683 Å². The molecule has 0 saturated heterocycles. The number of amides is 2. The first-order chi connectivity index (χ1) is 52.6. The standard InChI is InChI=1S/C89H149N9O17/c1-57-33-61(39-84(19,20)69(57)92-60(4)101)93-70(104)94(72(106)97(71(93)105)66-38-81(13,14)49-89(25,44-66)51-91-59(3)100)63-35-78(7,8)46-86(22,41-63)31-28-67(102)112-52-82(15,16)54-114-76(110)115-55-83(17,18)53-113-68(103)29-32-87(23)42-64(36-79(9,10)47-87)96-73(107)95(62-34-77(5,6)45-85(21,40-62)30-27-58(2)99)74(108)98(75(96)109)65-37-80(11,12)48-88(24,43-65)50-90-56-111-26/h57,61-66,69,90H,27-56H2,1-26H3,(H,91,100)(H,92,101). The van der Waals surface area contributed by atoms with Gasteiger partial charge in [0, 0.05) is 106 Å². The molecule has 2 aromatic heterocycles. The van der Waals surface area contributed by atoms with Crippen molar-refractivity contribution in [1.29, 1.82) is 0 Å². The maximum absolute atomic E-state index is 15.6. The Balaban J connectivity index is 0.892. The molecule has 2 heterocycles. The summed E-state index contributed by atoms with van der Waals surface area (Å²) < 4.78 is 36.6. The van der Waals surface area contributed by atoms with Gasteiger partial charge in [-0.25, -0.2) is 61.0 Å². The number of carbonyl (C=O) groups excluding carboxylic acids is 6. The number of methoxy groups -OCH3 is 1. The normalized spacial score (nSPS) is 30.9. The van der Waals surface area contributed by atoms with Crippen LogP contribution in [0.5, 0.6) is 0 Å². The molecule has 3 N–H and O–H groups in total. The van der Waals surface area contributed by atoms with Crippen LogP contribution in [0.1, 0.15) is 357 Å². The third-order valence-electron chi connectivity index (χ3n) is 26.9. The summed E-state index contributed by atoms with van der Waals surface area (Å²) in [5.74, 6) is -1.30. The highest BCUT2D eigenvalue weighted by atomic mass is 16.7. The molecule has 26 nitrogen and oxygen atoms in total. The van der Waals surface area contributed by atoms with Gasteiger partial charge in [0.15, 0.2) is 0 Å². The molecule has 26 heteroatoms. The molecule has 2 aromatic rings. The molecule has 0 aliphatic heterocycles. The number of hydrogen-bond donors (Lipinski definition) is 3. The van der Waals surface area contributed by atoms with E-state index in [9.17, 15) is 28.8 Å². The minimum atomic E-state index is -0.955. The molecule has 13 unspecified atom stereocenters. The minimum Gasteiger partial charge on any atom is -0.465 e. The molecule has 6 aliphatic carbocycles. The summed E-state index contributed by atoms with van der Waals surface area (Å²) in [6.45, 7) is 50.6. The van der Waals surface area contributed by atoms with Gasteiger partial charge < -0.3 is 39.1 Å². The zero-order chi connectivity index (χ0) is 86.4. The van der Waals surface area contributed by atoms with Gasteiger partial charge in [0.25, 0.3) is 0 Å². The summed E-state index contributed by atoms with van der Waals surface area (Å²) in [7, 11) is 1.63. The number of rotatable bonds is 30. The van der Waals surface area contributed by atoms with E-state index in [2.05, 4.69) is 120 Å². The van der Waals surface area contributed by atoms with Gasteiger partial charge in [-0.1, -0.05) is 152 Å². The molecule has 2 amide bonds. The molecular weight excluding hydrogens is 1470 g/mol. The number of ketones is 1. The Hall–Kier alpha value is -6.44. The fraction of sp³-hybridized carbons (Fsp3) is 0.865. The molecule has 8 rings (SSSR count). The fourth-order valence-electron chi connectivity index (χ4n) is 24.0. The highest BCUT2D eigenvalue weighted by molar-refractivity contribution is 5.75. The third-order valence-corrected chi connectivity index (χ3v) is 26.9. The first kappa shape index (κ1) is 94.0. The molecule has 652 valence electrons. The lowest BCUT2D eigenvalue weighted by atomic mass is 9.61. The van der Waals surface area contributed by atoms with Gasteiger partial charge in [0.2, 0.25) is 11.8 Å². The minimum absolute atomic E-state index is 0.0220. The zero-order valence-corrected chi connectivity index (χ0v) is 75.5. The molecular formula is C89H149N9O17. The molecule has 13 atom stereocenters. The molecule has 0 bridgehead atoms. The summed E-state index contributed by atoms with van der Waals surface area (Å²) in [6.07, 6.45) is 10.2. The number of carbonyl (C=O) groups is 6. The van der Waals surface area contributed by atoms with Gasteiger partial charge >= 0.3 is 52.2 Å². The summed E-state index contributed by atoms with van der Waals surface area (Å²) in [4.78, 5) is 171. The van der Waals surface area contributed by atoms with Crippen molar-refractivity contribution in [2.75, 3.05) is 53.4 Å². The van der Waals surface area contributed by atoms with E-state index >= 15 is 28.8 Å². The Morgan fingerprint density at radius 3 is 0.991 bits per heavy atom. The van der Waals surface area contributed by atoms with E-state index in [0.717, 1.165) is 19.3 Å². The van der Waals surface area contributed by atoms with E-state index in [-0.39, 0.29) is 95.9 Å². The molecule has 0 radical (unpaired) electrons. The summed E-state index contributed by atoms with van der Waals surface area (Å²) in [5, 5.41) is 9.53. The smallest absolute Gasteiger partial charge is 0.465 e. The van der Waals surface area contributed by atoms with Gasteiger partial charge in [0.05, 0.1) is 19.9 Å². The molecule has 0 spiro atoms. The van der Waals surface area contributed by atoms with Crippen molar-refractivity contribution in [2.45, 2.75) is 363 Å². The van der Waals surface area contributed by atoms with Crippen molar-refractivity contribution >= 4 is 35.7 Å². The lowest BCUT2D eigenvalue weighted by Gasteiger charge is -2.49. The molecule has 6 saturated carbocycles. The van der Waals surface area contributed by atoms with E-state index in [1.54, 1.807) is 41.7 Å². The Morgan fingerprint density at radius 1 is 0.391 bits per heavy atom. The fourth-order valence-corrected chi connectivity index (χ4v) is 24.0.